The molecule has 0 saturated carbocycles. The predicted molar refractivity (Wildman–Crippen MR) is 63.8 cm³/mol. The van der Waals surface area contributed by atoms with Crippen LogP contribution in [0.3, 0.4) is 0 Å². The number of hydrogen-bond donors (Lipinski definition) is 1. The van der Waals surface area contributed by atoms with Crippen LogP contribution in [0.25, 0.3) is 0 Å². The van der Waals surface area contributed by atoms with Crippen molar-refractivity contribution in [2.24, 2.45) is 5.41 Å². The molecule has 0 spiro atoms. The summed E-state index contributed by atoms with van der Waals surface area (Å²) < 4.78 is 5.29. The summed E-state index contributed by atoms with van der Waals surface area (Å²) in [7, 11) is -1.11. The first kappa shape index (κ1) is 13.9. The molecule has 2 nitrogen and oxygen atoms in total. The molecule has 3 heteroatoms. The van der Waals surface area contributed by atoms with Gasteiger partial charge in [-0.2, -0.15) is 0 Å². The van der Waals surface area contributed by atoms with Gasteiger partial charge in [0.15, 0.2) is 15.3 Å². The molecule has 0 fully saturated rings. The maximum Gasteiger partial charge on any atom is 0.174 e. The number of allylic oxidation sites excluding steroid dienone is 1. The van der Waals surface area contributed by atoms with Crippen molar-refractivity contribution in [1.82, 2.24) is 0 Å². The molecule has 0 bridgehead atoms. The highest BCUT2D eigenvalue weighted by molar-refractivity contribution is 6.48. The Morgan fingerprint density at radius 3 is 2.36 bits per heavy atom. The molecule has 0 aromatic rings. The van der Waals surface area contributed by atoms with Crippen LogP contribution in [-0.2, 0) is 4.43 Å². The van der Waals surface area contributed by atoms with E-state index in [1.807, 2.05) is 19.2 Å². The van der Waals surface area contributed by atoms with E-state index in [0.29, 0.717) is 5.41 Å². The summed E-state index contributed by atoms with van der Waals surface area (Å²) in [5.74, 6) is 0. The minimum absolute atomic E-state index is 0.364. The van der Waals surface area contributed by atoms with Crippen molar-refractivity contribution >= 4 is 9.04 Å². The van der Waals surface area contributed by atoms with Crippen molar-refractivity contribution < 1.29 is 9.53 Å². The fraction of sp³-hybridized carbons (Fsp3) is 0.818. The van der Waals surface area contributed by atoms with Gasteiger partial charge in [0.2, 0.25) is 0 Å². The highest BCUT2D eigenvalue weighted by Gasteiger charge is 2.08. The monoisotopic (exact) mass is 216 g/mol. The van der Waals surface area contributed by atoms with Crippen molar-refractivity contribution in [3.8, 4) is 0 Å². The second kappa shape index (κ2) is 6.38. The Morgan fingerprint density at radius 2 is 1.93 bits per heavy atom. The second-order valence-corrected chi connectivity index (χ2v) is 7.47. The van der Waals surface area contributed by atoms with Crippen LogP contribution in [0, 0.1) is 5.41 Å². The van der Waals surface area contributed by atoms with Gasteiger partial charge in [-0.05, 0) is 37.4 Å². The van der Waals surface area contributed by atoms with Crippen LogP contribution >= 0.6 is 0 Å². The highest BCUT2D eigenvalue weighted by Crippen LogP contribution is 2.20. The molecule has 1 N–H and O–H groups in total. The molecule has 0 rings (SSSR count). The fourth-order valence-electron chi connectivity index (χ4n) is 1.05. The minimum Gasteiger partial charge on any atom is -0.393 e. The maximum atomic E-state index is 9.37. The zero-order chi connectivity index (χ0) is 11.2. The molecule has 0 aromatic carbocycles. The lowest BCUT2D eigenvalue weighted by Crippen LogP contribution is -2.17. The molecule has 0 heterocycles. The van der Waals surface area contributed by atoms with Gasteiger partial charge in [-0.1, -0.05) is 26.8 Å². The van der Waals surface area contributed by atoms with Gasteiger partial charge in [0.25, 0.3) is 0 Å². The average molecular weight is 216 g/mol. The average Bonchev–Trinajstić information content (AvgIpc) is 1.95. The molecular formula is C11H24O2Si. The van der Waals surface area contributed by atoms with Crippen molar-refractivity contribution in [3.05, 3.63) is 12.2 Å². The molecule has 84 valence electrons. The SMILES string of the molecule is C[SiH](C)OC(O)/C=C\CCC(C)(C)C. The first-order chi connectivity index (χ1) is 6.31. The van der Waals surface area contributed by atoms with Crippen LogP contribution < -0.4 is 0 Å². The summed E-state index contributed by atoms with van der Waals surface area (Å²) in [5, 5.41) is 9.37. The Labute approximate surface area is 89.7 Å². The van der Waals surface area contributed by atoms with Crippen LogP contribution in [0.5, 0.6) is 0 Å². The predicted octanol–water partition coefficient (Wildman–Crippen LogP) is 2.69. The van der Waals surface area contributed by atoms with E-state index >= 15 is 0 Å². The first-order valence-electron chi connectivity index (χ1n) is 5.31. The van der Waals surface area contributed by atoms with Gasteiger partial charge in [0.05, 0.1) is 0 Å². The molecular weight excluding hydrogens is 192 g/mol. The molecule has 14 heavy (non-hydrogen) atoms. The van der Waals surface area contributed by atoms with Gasteiger partial charge in [-0.15, -0.1) is 0 Å². The van der Waals surface area contributed by atoms with E-state index in [9.17, 15) is 5.11 Å². The van der Waals surface area contributed by atoms with Gasteiger partial charge in [0.1, 0.15) is 0 Å². The quantitative estimate of drug-likeness (QED) is 0.435. The third-order valence-corrected chi connectivity index (χ3v) is 2.60. The van der Waals surface area contributed by atoms with Crippen molar-refractivity contribution in [3.63, 3.8) is 0 Å². The number of hydrogen-bond acceptors (Lipinski definition) is 2. The lowest BCUT2D eigenvalue weighted by molar-refractivity contribution is 0.0234. The van der Waals surface area contributed by atoms with Crippen LogP contribution in [0.4, 0.5) is 0 Å². The van der Waals surface area contributed by atoms with Crippen LogP contribution in [0.15, 0.2) is 12.2 Å². The Hall–Kier alpha value is -0.123. The van der Waals surface area contributed by atoms with Gasteiger partial charge < -0.3 is 9.53 Å². The van der Waals surface area contributed by atoms with Gasteiger partial charge >= 0.3 is 0 Å². The molecule has 0 radical (unpaired) electrons. The van der Waals surface area contributed by atoms with E-state index < -0.39 is 15.3 Å². The lowest BCUT2D eigenvalue weighted by Gasteiger charge is -2.16. The van der Waals surface area contributed by atoms with E-state index in [0.717, 1.165) is 12.8 Å². The normalized spacial score (nSPS) is 15.4. The molecule has 0 aliphatic carbocycles. The standard InChI is InChI=1S/C11H24O2Si/c1-11(2,3)9-7-6-8-10(12)13-14(4)5/h6,8,10,12,14H,7,9H2,1-5H3/b8-6-. The van der Waals surface area contributed by atoms with Crippen molar-refractivity contribution in [2.45, 2.75) is 53.0 Å². The Bertz CT molecular complexity index is 171. The third-order valence-electron chi connectivity index (χ3n) is 1.77. The van der Waals surface area contributed by atoms with E-state index in [1.54, 1.807) is 6.08 Å². The zero-order valence-electron chi connectivity index (χ0n) is 10.1. The molecule has 1 unspecified atom stereocenters. The number of rotatable bonds is 5. The first-order valence-corrected chi connectivity index (χ1v) is 8.09. The molecule has 0 aromatic heterocycles. The van der Waals surface area contributed by atoms with E-state index in [1.165, 1.54) is 0 Å². The summed E-state index contributed by atoms with van der Waals surface area (Å²) in [6.45, 7) is 10.7. The van der Waals surface area contributed by atoms with E-state index in [-0.39, 0.29) is 0 Å². The summed E-state index contributed by atoms with van der Waals surface area (Å²) >= 11 is 0. The summed E-state index contributed by atoms with van der Waals surface area (Å²) in [4.78, 5) is 0. The van der Waals surface area contributed by atoms with Crippen LogP contribution in [0.1, 0.15) is 33.6 Å². The van der Waals surface area contributed by atoms with Gasteiger partial charge in [-0.3, -0.25) is 0 Å². The topological polar surface area (TPSA) is 29.5 Å². The Morgan fingerprint density at radius 1 is 1.36 bits per heavy atom. The zero-order valence-corrected chi connectivity index (χ0v) is 11.2. The van der Waals surface area contributed by atoms with E-state index in [4.69, 9.17) is 4.43 Å². The van der Waals surface area contributed by atoms with Gasteiger partial charge in [-0.25, -0.2) is 0 Å². The largest absolute Gasteiger partial charge is 0.393 e. The highest BCUT2D eigenvalue weighted by atomic mass is 28.3. The summed E-state index contributed by atoms with van der Waals surface area (Å²) in [6, 6.07) is 0. The molecule has 0 amide bonds. The Balaban J connectivity index is 3.62. The maximum absolute atomic E-state index is 9.37. The number of aliphatic hydroxyl groups excluding tert-OH is 1. The lowest BCUT2D eigenvalue weighted by atomic mass is 9.90. The Kier molecular flexibility index (Phi) is 6.32. The molecule has 0 saturated heterocycles. The summed E-state index contributed by atoms with van der Waals surface area (Å²) in [5.41, 5.74) is 0.364. The van der Waals surface area contributed by atoms with Crippen LogP contribution in [0.2, 0.25) is 13.1 Å². The number of aliphatic hydroxyl groups is 1. The molecule has 1 atom stereocenters. The minimum atomic E-state index is -1.11. The molecule has 0 aliphatic rings. The van der Waals surface area contributed by atoms with Crippen LogP contribution in [-0.4, -0.2) is 20.4 Å². The smallest absolute Gasteiger partial charge is 0.174 e. The summed E-state index contributed by atoms with van der Waals surface area (Å²) in [6.07, 6.45) is 5.20. The van der Waals surface area contributed by atoms with E-state index in [2.05, 4.69) is 20.8 Å². The van der Waals surface area contributed by atoms with Crippen molar-refractivity contribution in [1.29, 1.82) is 0 Å². The fourth-order valence-corrected chi connectivity index (χ4v) is 1.70. The molecule has 0 aliphatic heterocycles. The second-order valence-electron chi connectivity index (χ2n) is 5.10. The van der Waals surface area contributed by atoms with Crippen molar-refractivity contribution in [2.75, 3.05) is 0 Å². The van der Waals surface area contributed by atoms with Gasteiger partial charge in [0, 0.05) is 0 Å². The third kappa shape index (κ3) is 9.96.